The van der Waals surface area contributed by atoms with Crippen LogP contribution in [0.15, 0.2) is 24.3 Å². The summed E-state index contributed by atoms with van der Waals surface area (Å²) in [6, 6.07) is 8.26. The molecule has 1 aromatic rings. The Morgan fingerprint density at radius 2 is 1.56 bits per heavy atom. The number of fused-ring (bicyclic) bond motifs is 1. The second-order valence-corrected chi connectivity index (χ2v) is 5.45. The predicted molar refractivity (Wildman–Crippen MR) is 76.1 cm³/mol. The Hall–Kier alpha value is -1.11. The van der Waals surface area contributed by atoms with Crippen LogP contribution >= 0.6 is 0 Å². The van der Waals surface area contributed by atoms with E-state index in [9.17, 15) is 4.79 Å². The molecule has 0 radical (unpaired) electrons. The van der Waals surface area contributed by atoms with Crippen LogP contribution in [0.2, 0.25) is 0 Å². The highest BCUT2D eigenvalue weighted by molar-refractivity contribution is 6.03. The average Bonchev–Trinajstić information content (AvgIpc) is 2.67. The van der Waals surface area contributed by atoms with Gasteiger partial charge in [-0.1, -0.05) is 63.8 Å². The number of unbranched alkanes of at least 4 members (excludes halogenated alkanes) is 2. The van der Waals surface area contributed by atoms with Crippen molar-refractivity contribution in [2.75, 3.05) is 0 Å². The maximum absolute atomic E-state index is 12.5. The minimum absolute atomic E-state index is 0.258. The fourth-order valence-corrected chi connectivity index (χ4v) is 3.18. The van der Waals surface area contributed by atoms with Crippen molar-refractivity contribution in [1.82, 2.24) is 0 Å². The Morgan fingerprint density at radius 1 is 0.944 bits per heavy atom. The van der Waals surface area contributed by atoms with E-state index in [0.29, 0.717) is 11.7 Å². The fourth-order valence-electron chi connectivity index (χ4n) is 3.18. The first-order chi connectivity index (χ1) is 8.79. The van der Waals surface area contributed by atoms with Gasteiger partial charge in [-0.05, 0) is 24.3 Å². The Bertz CT molecular complexity index is 408. The van der Waals surface area contributed by atoms with Gasteiger partial charge in [0.05, 0.1) is 0 Å². The molecule has 2 rings (SSSR count). The summed E-state index contributed by atoms with van der Waals surface area (Å²) >= 11 is 0. The molecule has 1 nitrogen and oxygen atoms in total. The molecule has 0 fully saturated rings. The lowest BCUT2D eigenvalue weighted by Gasteiger charge is -2.18. The van der Waals surface area contributed by atoms with Crippen molar-refractivity contribution in [3.63, 3.8) is 0 Å². The van der Waals surface area contributed by atoms with Crippen LogP contribution in [0, 0.1) is 5.92 Å². The quantitative estimate of drug-likeness (QED) is 0.691. The monoisotopic (exact) mass is 244 g/mol. The van der Waals surface area contributed by atoms with E-state index in [1.807, 2.05) is 12.1 Å². The van der Waals surface area contributed by atoms with Gasteiger partial charge < -0.3 is 0 Å². The van der Waals surface area contributed by atoms with Crippen LogP contribution in [0.5, 0.6) is 0 Å². The highest BCUT2D eigenvalue weighted by atomic mass is 16.1. The fraction of sp³-hybridized carbons (Fsp3) is 0.588. The minimum Gasteiger partial charge on any atom is -0.294 e. The highest BCUT2D eigenvalue weighted by Crippen LogP contribution is 2.43. The third kappa shape index (κ3) is 2.50. The Balaban J connectivity index is 2.22. The van der Waals surface area contributed by atoms with Crippen LogP contribution in [-0.2, 0) is 0 Å². The van der Waals surface area contributed by atoms with E-state index >= 15 is 0 Å². The van der Waals surface area contributed by atoms with Gasteiger partial charge in [0.25, 0.3) is 0 Å². The summed E-state index contributed by atoms with van der Waals surface area (Å²) in [5.41, 5.74) is 2.32. The molecule has 1 aliphatic rings. The van der Waals surface area contributed by atoms with Gasteiger partial charge in [0.2, 0.25) is 0 Å². The lowest BCUT2D eigenvalue weighted by Crippen LogP contribution is -2.14. The van der Waals surface area contributed by atoms with Gasteiger partial charge in [0.15, 0.2) is 5.78 Å². The molecule has 2 atom stereocenters. The molecule has 18 heavy (non-hydrogen) atoms. The zero-order valence-electron chi connectivity index (χ0n) is 11.6. The highest BCUT2D eigenvalue weighted by Gasteiger charge is 2.37. The van der Waals surface area contributed by atoms with Crippen LogP contribution in [0.25, 0.3) is 0 Å². The molecule has 1 aromatic carbocycles. The van der Waals surface area contributed by atoms with E-state index in [0.717, 1.165) is 12.0 Å². The van der Waals surface area contributed by atoms with Crippen molar-refractivity contribution in [3.05, 3.63) is 35.4 Å². The third-order valence-corrected chi connectivity index (χ3v) is 4.19. The number of carbonyl (C=O) groups excluding carboxylic acids is 1. The van der Waals surface area contributed by atoms with Gasteiger partial charge in [-0.25, -0.2) is 0 Å². The summed E-state index contributed by atoms with van der Waals surface area (Å²) in [5.74, 6) is 1.15. The Morgan fingerprint density at radius 3 is 2.22 bits per heavy atom. The summed E-state index contributed by atoms with van der Waals surface area (Å²) in [6.07, 6.45) is 7.04. The minimum atomic E-state index is 0.258. The number of hydrogen-bond donors (Lipinski definition) is 0. The second kappa shape index (κ2) is 6.17. The van der Waals surface area contributed by atoms with E-state index in [1.165, 1.54) is 37.7 Å². The van der Waals surface area contributed by atoms with Crippen LogP contribution in [0.3, 0.4) is 0 Å². The predicted octanol–water partition coefficient (Wildman–Crippen LogP) is 4.96. The van der Waals surface area contributed by atoms with Crippen LogP contribution in [0.4, 0.5) is 0 Å². The lowest BCUT2D eigenvalue weighted by molar-refractivity contribution is 0.0911. The molecule has 0 heterocycles. The average molecular weight is 244 g/mol. The van der Waals surface area contributed by atoms with E-state index < -0.39 is 0 Å². The molecule has 0 N–H and O–H groups in total. The molecule has 0 spiro atoms. The molecule has 0 aromatic heterocycles. The van der Waals surface area contributed by atoms with Gasteiger partial charge in [-0.3, -0.25) is 4.79 Å². The zero-order valence-corrected chi connectivity index (χ0v) is 11.6. The Labute approximate surface area is 111 Å². The molecule has 0 saturated heterocycles. The van der Waals surface area contributed by atoms with E-state index in [1.54, 1.807) is 0 Å². The number of rotatable bonds is 6. The first-order valence-electron chi connectivity index (χ1n) is 7.42. The number of benzene rings is 1. The van der Waals surface area contributed by atoms with Gasteiger partial charge >= 0.3 is 0 Å². The molecule has 0 aliphatic heterocycles. The summed E-state index contributed by atoms with van der Waals surface area (Å²) in [4.78, 5) is 12.5. The smallest absolute Gasteiger partial charge is 0.166 e. The molecule has 0 amide bonds. The SMILES string of the molecule is CCCCC1C(=O)c2ccccc2C1CCCC. The van der Waals surface area contributed by atoms with Crippen molar-refractivity contribution < 1.29 is 4.79 Å². The first kappa shape index (κ1) is 13.3. The first-order valence-corrected chi connectivity index (χ1v) is 7.42. The van der Waals surface area contributed by atoms with Gasteiger partial charge in [-0.15, -0.1) is 0 Å². The summed E-state index contributed by atoms with van der Waals surface area (Å²) in [5, 5.41) is 0. The van der Waals surface area contributed by atoms with Crippen molar-refractivity contribution in [3.8, 4) is 0 Å². The summed E-state index contributed by atoms with van der Waals surface area (Å²) < 4.78 is 0. The van der Waals surface area contributed by atoms with E-state index in [-0.39, 0.29) is 5.92 Å². The summed E-state index contributed by atoms with van der Waals surface area (Å²) in [6.45, 7) is 4.43. The van der Waals surface area contributed by atoms with Crippen molar-refractivity contribution in [2.24, 2.45) is 5.92 Å². The topological polar surface area (TPSA) is 17.1 Å². The standard InChI is InChI=1S/C17H24O/c1-3-5-9-13-14-11-7-8-12-16(14)17(18)15(13)10-6-4-2/h7-8,11-13,15H,3-6,9-10H2,1-2H3. The van der Waals surface area contributed by atoms with Gasteiger partial charge in [0.1, 0.15) is 0 Å². The molecule has 98 valence electrons. The molecule has 1 heteroatoms. The van der Waals surface area contributed by atoms with Crippen molar-refractivity contribution in [2.45, 2.75) is 58.3 Å². The summed E-state index contributed by atoms with van der Waals surface area (Å²) in [7, 11) is 0. The molecule has 1 aliphatic carbocycles. The molecular formula is C17H24O. The molecular weight excluding hydrogens is 220 g/mol. The second-order valence-electron chi connectivity index (χ2n) is 5.45. The number of hydrogen-bond acceptors (Lipinski definition) is 1. The maximum atomic E-state index is 12.5. The third-order valence-electron chi connectivity index (χ3n) is 4.19. The van der Waals surface area contributed by atoms with E-state index in [4.69, 9.17) is 0 Å². The van der Waals surface area contributed by atoms with Gasteiger partial charge in [-0.2, -0.15) is 0 Å². The van der Waals surface area contributed by atoms with Crippen LogP contribution < -0.4 is 0 Å². The molecule has 0 bridgehead atoms. The van der Waals surface area contributed by atoms with Gasteiger partial charge in [0, 0.05) is 11.5 Å². The lowest BCUT2D eigenvalue weighted by atomic mass is 9.84. The van der Waals surface area contributed by atoms with Crippen molar-refractivity contribution >= 4 is 5.78 Å². The van der Waals surface area contributed by atoms with Crippen LogP contribution in [-0.4, -0.2) is 5.78 Å². The number of carbonyl (C=O) groups is 1. The Kier molecular flexibility index (Phi) is 4.57. The normalized spacial score (nSPS) is 22.2. The zero-order chi connectivity index (χ0) is 13.0. The van der Waals surface area contributed by atoms with E-state index in [2.05, 4.69) is 26.0 Å². The number of ketones is 1. The number of Topliss-reactive ketones (excluding diaryl/α,β-unsaturated/α-hetero) is 1. The largest absolute Gasteiger partial charge is 0.294 e. The molecule has 0 saturated carbocycles. The maximum Gasteiger partial charge on any atom is 0.166 e. The van der Waals surface area contributed by atoms with Crippen LogP contribution in [0.1, 0.15) is 74.2 Å². The molecule has 2 unspecified atom stereocenters. The van der Waals surface area contributed by atoms with Crippen molar-refractivity contribution in [1.29, 1.82) is 0 Å².